The third kappa shape index (κ3) is 3.18. The summed E-state index contributed by atoms with van der Waals surface area (Å²) in [6.45, 7) is 10.1. The zero-order valence-corrected chi connectivity index (χ0v) is 16.1. The molecule has 1 aromatic heterocycles. The van der Waals surface area contributed by atoms with Crippen molar-refractivity contribution in [2.75, 3.05) is 6.61 Å². The summed E-state index contributed by atoms with van der Waals surface area (Å²) < 4.78 is 5.30. The van der Waals surface area contributed by atoms with E-state index in [2.05, 4.69) is 24.1 Å². The minimum Gasteiger partial charge on any atom is -0.463 e. The summed E-state index contributed by atoms with van der Waals surface area (Å²) in [5, 5.41) is 3.32. The Balaban J connectivity index is 2.21. The highest BCUT2D eigenvalue weighted by Gasteiger charge is 2.43. The summed E-state index contributed by atoms with van der Waals surface area (Å²) >= 11 is 0. The molecular weight excluding hydrogens is 328 g/mol. The van der Waals surface area contributed by atoms with Crippen molar-refractivity contribution in [3.63, 3.8) is 0 Å². The number of nitrogens with one attached hydrogen (secondary N) is 1. The molecule has 0 saturated carbocycles. The van der Waals surface area contributed by atoms with E-state index in [1.165, 1.54) is 0 Å². The van der Waals surface area contributed by atoms with E-state index >= 15 is 0 Å². The summed E-state index contributed by atoms with van der Waals surface area (Å²) in [5.41, 5.74) is 4.40. The van der Waals surface area contributed by atoms with Gasteiger partial charge in [0.05, 0.1) is 23.8 Å². The molecule has 138 valence electrons. The maximum Gasteiger partial charge on any atom is 0.336 e. The van der Waals surface area contributed by atoms with Crippen LogP contribution in [0.3, 0.4) is 0 Å². The normalized spacial score (nSPS) is 22.0. The zero-order chi connectivity index (χ0) is 19.1. The van der Waals surface area contributed by atoms with Crippen LogP contribution in [-0.2, 0) is 14.3 Å². The lowest BCUT2D eigenvalue weighted by atomic mass is 9.69. The van der Waals surface area contributed by atoms with Gasteiger partial charge < -0.3 is 10.1 Å². The van der Waals surface area contributed by atoms with Crippen molar-refractivity contribution in [2.24, 2.45) is 5.41 Å². The molecule has 26 heavy (non-hydrogen) atoms. The second-order valence-corrected chi connectivity index (χ2v) is 7.86. The summed E-state index contributed by atoms with van der Waals surface area (Å²) in [6.07, 6.45) is 2.94. The number of Topliss-reactive ketones (excluding diaryl/α,β-unsaturated/α-hetero) is 1. The van der Waals surface area contributed by atoms with E-state index in [-0.39, 0.29) is 17.8 Å². The van der Waals surface area contributed by atoms with Gasteiger partial charge in [-0.15, -0.1) is 0 Å². The number of carbonyl (C=O) groups excluding carboxylic acids is 2. The van der Waals surface area contributed by atoms with Crippen molar-refractivity contribution in [1.29, 1.82) is 0 Å². The first kappa shape index (κ1) is 18.4. The number of hydrogen-bond acceptors (Lipinski definition) is 5. The monoisotopic (exact) mass is 354 g/mol. The largest absolute Gasteiger partial charge is 0.463 e. The Bertz CT molecular complexity index is 833. The molecule has 2 heterocycles. The minimum absolute atomic E-state index is 0.0769. The molecule has 0 aromatic carbocycles. The van der Waals surface area contributed by atoms with E-state index in [0.29, 0.717) is 17.6 Å². The van der Waals surface area contributed by atoms with E-state index in [1.54, 1.807) is 13.1 Å². The molecule has 0 amide bonds. The minimum atomic E-state index is -0.477. The predicted octanol–water partition coefficient (Wildman–Crippen LogP) is 3.56. The molecule has 5 nitrogen and oxygen atoms in total. The van der Waals surface area contributed by atoms with Crippen molar-refractivity contribution in [3.8, 4) is 0 Å². The fraction of sp³-hybridized carbons (Fsp3) is 0.476. The van der Waals surface area contributed by atoms with E-state index in [0.717, 1.165) is 29.1 Å². The average molecular weight is 354 g/mol. The second kappa shape index (κ2) is 6.71. The lowest BCUT2D eigenvalue weighted by Gasteiger charge is -2.39. The molecule has 0 fully saturated rings. The fourth-order valence-corrected chi connectivity index (χ4v) is 3.99. The van der Waals surface area contributed by atoms with E-state index < -0.39 is 11.9 Å². The molecule has 3 rings (SSSR count). The molecule has 1 N–H and O–H groups in total. The first-order valence-electron chi connectivity index (χ1n) is 9.08. The van der Waals surface area contributed by atoms with Crippen LogP contribution in [0.4, 0.5) is 0 Å². The van der Waals surface area contributed by atoms with Crippen molar-refractivity contribution in [1.82, 2.24) is 10.3 Å². The van der Waals surface area contributed by atoms with Crippen molar-refractivity contribution in [2.45, 2.75) is 53.4 Å². The van der Waals surface area contributed by atoms with Crippen LogP contribution in [-0.4, -0.2) is 23.3 Å². The highest BCUT2D eigenvalue weighted by Crippen LogP contribution is 2.46. The van der Waals surface area contributed by atoms with Crippen LogP contribution >= 0.6 is 0 Å². The molecule has 1 aromatic rings. The van der Waals surface area contributed by atoms with Gasteiger partial charge in [0.15, 0.2) is 5.78 Å². The number of aromatic nitrogens is 1. The van der Waals surface area contributed by atoms with E-state index in [1.807, 2.05) is 26.0 Å². The van der Waals surface area contributed by atoms with E-state index in [9.17, 15) is 9.59 Å². The maximum atomic E-state index is 13.1. The molecule has 0 spiro atoms. The number of nitrogens with zero attached hydrogens (tertiary/aromatic N) is 1. The zero-order valence-electron chi connectivity index (χ0n) is 16.1. The summed E-state index contributed by atoms with van der Waals surface area (Å²) in [4.78, 5) is 30.3. The van der Waals surface area contributed by atoms with Crippen LogP contribution in [0.2, 0.25) is 0 Å². The number of esters is 1. The Hall–Kier alpha value is -2.43. The van der Waals surface area contributed by atoms with E-state index in [4.69, 9.17) is 4.74 Å². The van der Waals surface area contributed by atoms with Gasteiger partial charge >= 0.3 is 5.97 Å². The fourth-order valence-electron chi connectivity index (χ4n) is 3.99. The Morgan fingerprint density at radius 3 is 2.73 bits per heavy atom. The highest BCUT2D eigenvalue weighted by molar-refractivity contribution is 6.04. The molecule has 0 bridgehead atoms. The summed E-state index contributed by atoms with van der Waals surface area (Å²) in [5.74, 6) is -0.792. The molecule has 1 unspecified atom stereocenters. The number of pyridine rings is 1. The van der Waals surface area contributed by atoms with Gasteiger partial charge in [-0.05, 0) is 44.2 Å². The Morgan fingerprint density at radius 1 is 1.35 bits per heavy atom. The number of aryl methyl sites for hydroxylation is 1. The Kier molecular flexibility index (Phi) is 4.74. The van der Waals surface area contributed by atoms with Gasteiger partial charge in [-0.3, -0.25) is 9.78 Å². The van der Waals surface area contributed by atoms with Gasteiger partial charge in [0.25, 0.3) is 0 Å². The van der Waals surface area contributed by atoms with Gasteiger partial charge in [-0.2, -0.15) is 0 Å². The van der Waals surface area contributed by atoms with Crippen LogP contribution in [0, 0.1) is 12.3 Å². The lowest BCUT2D eigenvalue weighted by Crippen LogP contribution is -2.39. The number of dihydropyridines is 1. The van der Waals surface area contributed by atoms with Gasteiger partial charge in [0, 0.05) is 29.6 Å². The smallest absolute Gasteiger partial charge is 0.336 e. The number of ether oxygens (including phenoxy) is 1. The molecule has 1 atom stereocenters. The molecular formula is C21H26N2O3. The van der Waals surface area contributed by atoms with Gasteiger partial charge in [-0.25, -0.2) is 4.79 Å². The quantitative estimate of drug-likeness (QED) is 0.841. The first-order chi connectivity index (χ1) is 12.2. The van der Waals surface area contributed by atoms with Crippen molar-refractivity contribution >= 4 is 11.8 Å². The number of ketones is 1. The number of carbonyl (C=O) groups is 2. The van der Waals surface area contributed by atoms with Crippen molar-refractivity contribution in [3.05, 3.63) is 52.1 Å². The maximum absolute atomic E-state index is 13.1. The third-order valence-electron chi connectivity index (χ3n) is 5.06. The molecule has 0 saturated heterocycles. The first-order valence-corrected chi connectivity index (χ1v) is 9.08. The summed E-state index contributed by atoms with van der Waals surface area (Å²) in [7, 11) is 0. The SMILES string of the molecule is CCOC(=O)C1=C(C)NC2=C(C(=O)CC(C)(C)C2)C1c1ncccc1C. The lowest BCUT2D eigenvalue weighted by molar-refractivity contribution is -0.138. The van der Waals surface area contributed by atoms with Crippen molar-refractivity contribution < 1.29 is 14.3 Å². The highest BCUT2D eigenvalue weighted by atomic mass is 16.5. The average Bonchev–Trinajstić information content (AvgIpc) is 2.53. The molecule has 1 aliphatic carbocycles. The molecule has 5 heteroatoms. The van der Waals surface area contributed by atoms with Gasteiger partial charge in [-0.1, -0.05) is 19.9 Å². The van der Waals surface area contributed by atoms with Crippen LogP contribution in [0.1, 0.15) is 57.7 Å². The number of allylic oxidation sites excluding steroid dienone is 3. The molecule has 0 radical (unpaired) electrons. The third-order valence-corrected chi connectivity index (χ3v) is 5.06. The van der Waals surface area contributed by atoms with Crippen LogP contribution < -0.4 is 5.32 Å². The number of hydrogen-bond donors (Lipinski definition) is 1. The topological polar surface area (TPSA) is 68.3 Å². The van der Waals surface area contributed by atoms with Crippen LogP contribution in [0.25, 0.3) is 0 Å². The predicted molar refractivity (Wildman–Crippen MR) is 99.2 cm³/mol. The number of rotatable bonds is 3. The molecule has 2 aliphatic rings. The van der Waals surface area contributed by atoms with Gasteiger partial charge in [0.1, 0.15) is 0 Å². The molecule has 1 aliphatic heterocycles. The summed E-state index contributed by atoms with van der Waals surface area (Å²) in [6, 6.07) is 3.82. The standard InChI is InChI=1S/C21H26N2O3/c1-6-26-20(25)16-13(3)23-14-10-21(4,5)11-15(24)17(14)18(16)19-12(2)8-7-9-22-19/h7-9,18,23H,6,10-11H2,1-5H3. The van der Waals surface area contributed by atoms with Crippen LogP contribution in [0.5, 0.6) is 0 Å². The van der Waals surface area contributed by atoms with Gasteiger partial charge in [0.2, 0.25) is 0 Å². The Labute approximate surface area is 154 Å². The Morgan fingerprint density at radius 2 is 2.08 bits per heavy atom. The van der Waals surface area contributed by atoms with Crippen LogP contribution in [0.15, 0.2) is 40.9 Å². The second-order valence-electron chi connectivity index (χ2n) is 7.86.